The van der Waals surface area contributed by atoms with E-state index in [4.69, 9.17) is 32.7 Å². The summed E-state index contributed by atoms with van der Waals surface area (Å²) in [6, 6.07) is 0.280. The Morgan fingerprint density at radius 2 is 1.25 bits per heavy atom. The molecule has 0 spiro atoms. The van der Waals surface area contributed by atoms with Crippen LogP contribution < -0.4 is 9.80 Å². The molecule has 0 amide bonds. The molecule has 0 radical (unpaired) electrons. The first kappa shape index (κ1) is 29.6. The van der Waals surface area contributed by atoms with Crippen LogP contribution in [0.1, 0.15) is 60.7 Å². The summed E-state index contributed by atoms with van der Waals surface area (Å²) in [7, 11) is -6.40. The lowest BCUT2D eigenvalue weighted by molar-refractivity contribution is 0.0980. The molecule has 4 aliphatic rings. The molecule has 0 bridgehead atoms. The number of sulfone groups is 2. The van der Waals surface area contributed by atoms with Crippen LogP contribution in [0.5, 0.6) is 0 Å². The average Bonchev–Trinajstić information content (AvgIpc) is 3.25. The summed E-state index contributed by atoms with van der Waals surface area (Å²) in [6.07, 6.45) is 0. The van der Waals surface area contributed by atoms with Crippen LogP contribution in [0.25, 0.3) is 0 Å². The quantitative estimate of drug-likeness (QED) is 0.353. The second-order valence-electron chi connectivity index (χ2n) is 10.5. The number of halogens is 2. The zero-order chi connectivity index (χ0) is 29.0. The van der Waals surface area contributed by atoms with Crippen molar-refractivity contribution in [2.24, 2.45) is 0 Å². The van der Waals surface area contributed by atoms with Gasteiger partial charge in [0, 0.05) is 24.2 Å². The van der Waals surface area contributed by atoms with E-state index in [0.717, 1.165) is 0 Å². The largest absolute Gasteiger partial charge is 0.377 e. The minimum Gasteiger partial charge on any atom is -0.377 e. The maximum atomic E-state index is 12.1. The van der Waals surface area contributed by atoms with Crippen LogP contribution in [0.3, 0.4) is 0 Å². The second-order valence-corrected chi connectivity index (χ2v) is 15.8. The van der Waals surface area contributed by atoms with E-state index >= 15 is 0 Å². The minimum atomic E-state index is -3.20. The number of fused-ring (bicyclic) bond motifs is 2. The first-order valence-corrected chi connectivity index (χ1v) is 17.2. The molecule has 2 fully saturated rings. The molecule has 40 heavy (non-hydrogen) atoms. The minimum absolute atomic E-state index is 0.0581. The molecule has 0 aromatic carbocycles. The number of morpholine rings is 2. The van der Waals surface area contributed by atoms with Crippen molar-refractivity contribution in [1.29, 1.82) is 0 Å². The Hall–Kier alpha value is -1.84. The Morgan fingerprint density at radius 3 is 1.82 bits per heavy atom. The molecule has 2 aromatic rings. The monoisotopic (exact) mass is 634 g/mol. The van der Waals surface area contributed by atoms with Gasteiger partial charge in [-0.25, -0.2) is 36.8 Å². The summed E-state index contributed by atoms with van der Waals surface area (Å²) in [6.45, 7) is 11.1. The molecule has 2 unspecified atom stereocenters. The first-order chi connectivity index (χ1) is 18.8. The van der Waals surface area contributed by atoms with Gasteiger partial charge in [-0.15, -0.1) is 0 Å². The number of aromatic nitrogens is 4. The molecule has 6 heterocycles. The Kier molecular flexibility index (Phi) is 8.23. The van der Waals surface area contributed by atoms with Crippen LogP contribution in [0, 0.1) is 0 Å². The van der Waals surface area contributed by atoms with Crippen molar-refractivity contribution in [1.82, 2.24) is 19.9 Å². The Bertz CT molecular complexity index is 1530. The van der Waals surface area contributed by atoms with E-state index in [1.54, 1.807) is 13.8 Å². The van der Waals surface area contributed by atoms with Gasteiger partial charge < -0.3 is 19.3 Å². The summed E-state index contributed by atoms with van der Waals surface area (Å²) >= 11 is 12.2. The number of nitrogens with zero attached hydrogens (tertiary/aromatic N) is 6. The Labute approximate surface area is 244 Å². The fourth-order valence-electron chi connectivity index (χ4n) is 5.39. The van der Waals surface area contributed by atoms with Gasteiger partial charge in [-0.2, -0.15) is 0 Å². The molecule has 0 saturated carbocycles. The van der Waals surface area contributed by atoms with Crippen LogP contribution in [0.4, 0.5) is 11.8 Å². The topological polar surface area (TPSA) is 145 Å². The third kappa shape index (κ3) is 5.50. The van der Waals surface area contributed by atoms with Crippen molar-refractivity contribution in [3.63, 3.8) is 0 Å². The number of anilines is 2. The number of hydrogen-bond donors (Lipinski definition) is 0. The molecular formula is C24H32Cl2N6O6S2. The standard InChI is InChI=1S/2C12H16ClN3O3S/c1-7-5-19-4-3-16(7)11-10-8(2)20(17,18)6-9(10)14-12(13)15-11;1-7-5-19-4-3-16(7)12-14-9-6-20(17,18)8(2)10(9)11(13)15-12/h2*7-8H,3-6H2,1-2H3/t2*7-,8?/m00/s1. The first-order valence-electron chi connectivity index (χ1n) is 13.0. The molecule has 4 atom stereocenters. The molecule has 0 aliphatic carbocycles. The van der Waals surface area contributed by atoms with Gasteiger partial charge in [-0.05, 0) is 39.3 Å². The second kappa shape index (κ2) is 11.1. The van der Waals surface area contributed by atoms with Gasteiger partial charge in [0.2, 0.25) is 11.2 Å². The smallest absolute Gasteiger partial charge is 0.227 e. The fourth-order valence-corrected chi connectivity index (χ4v) is 8.89. The SMILES string of the molecule is CC1c2c(Cl)nc(N3CCOC[C@@H]3C)nc2CS1(=O)=O.CC1c2c(nc(Cl)nc2N2CCOC[C@@H]2C)CS1(=O)=O. The normalized spacial score (nSPS) is 28.4. The van der Waals surface area contributed by atoms with Crippen LogP contribution >= 0.6 is 23.2 Å². The maximum absolute atomic E-state index is 12.1. The van der Waals surface area contributed by atoms with Crippen molar-refractivity contribution in [2.75, 3.05) is 49.3 Å². The molecule has 6 rings (SSSR count). The van der Waals surface area contributed by atoms with Gasteiger partial charge in [0.15, 0.2) is 19.7 Å². The van der Waals surface area contributed by atoms with E-state index in [9.17, 15) is 16.8 Å². The highest BCUT2D eigenvalue weighted by Gasteiger charge is 2.40. The van der Waals surface area contributed by atoms with Crippen LogP contribution in [-0.2, 0) is 40.7 Å². The molecule has 0 N–H and O–H groups in total. The summed E-state index contributed by atoms with van der Waals surface area (Å²) in [5, 5.41) is -0.861. The van der Waals surface area contributed by atoms with E-state index in [0.29, 0.717) is 73.8 Å². The Balaban J connectivity index is 0.000000161. The molecular weight excluding hydrogens is 603 g/mol. The molecule has 220 valence electrons. The Morgan fingerprint density at radius 1 is 0.725 bits per heavy atom. The lowest BCUT2D eigenvalue weighted by Gasteiger charge is -2.35. The third-order valence-electron chi connectivity index (χ3n) is 7.77. The number of rotatable bonds is 2. The highest BCUT2D eigenvalue weighted by atomic mass is 35.5. The van der Waals surface area contributed by atoms with E-state index < -0.39 is 30.2 Å². The number of ether oxygens (including phenoxy) is 2. The van der Waals surface area contributed by atoms with Gasteiger partial charge in [0.25, 0.3) is 0 Å². The molecule has 16 heteroatoms. The van der Waals surface area contributed by atoms with Crippen LogP contribution in [-0.4, -0.2) is 88.4 Å². The zero-order valence-corrected chi connectivity index (χ0v) is 25.8. The highest BCUT2D eigenvalue weighted by molar-refractivity contribution is 7.91. The van der Waals surface area contributed by atoms with E-state index in [-0.39, 0.29) is 34.0 Å². The van der Waals surface area contributed by atoms with E-state index in [1.807, 2.05) is 18.7 Å². The summed E-state index contributed by atoms with van der Waals surface area (Å²) in [5.74, 6) is 1.02. The summed E-state index contributed by atoms with van der Waals surface area (Å²) in [4.78, 5) is 21.2. The number of hydrogen-bond acceptors (Lipinski definition) is 12. The molecule has 2 saturated heterocycles. The van der Waals surface area contributed by atoms with E-state index in [1.165, 1.54) is 0 Å². The lowest BCUT2D eigenvalue weighted by atomic mass is 10.1. The van der Waals surface area contributed by atoms with Gasteiger partial charge in [-0.1, -0.05) is 11.6 Å². The van der Waals surface area contributed by atoms with Gasteiger partial charge >= 0.3 is 0 Å². The predicted molar refractivity (Wildman–Crippen MR) is 151 cm³/mol. The van der Waals surface area contributed by atoms with Gasteiger partial charge in [0.05, 0.1) is 71.9 Å². The fraction of sp³-hybridized carbons (Fsp3) is 0.667. The van der Waals surface area contributed by atoms with Gasteiger partial charge in [0.1, 0.15) is 11.0 Å². The molecule has 2 aromatic heterocycles. The average molecular weight is 636 g/mol. The van der Waals surface area contributed by atoms with Crippen LogP contribution in [0.15, 0.2) is 0 Å². The van der Waals surface area contributed by atoms with E-state index in [2.05, 4.69) is 24.8 Å². The molecule has 12 nitrogen and oxygen atoms in total. The summed E-state index contributed by atoms with van der Waals surface area (Å²) in [5.41, 5.74) is 2.32. The van der Waals surface area contributed by atoms with Crippen molar-refractivity contribution in [2.45, 2.75) is 61.8 Å². The maximum Gasteiger partial charge on any atom is 0.227 e. The highest BCUT2D eigenvalue weighted by Crippen LogP contribution is 2.42. The van der Waals surface area contributed by atoms with Crippen molar-refractivity contribution in [3.8, 4) is 0 Å². The van der Waals surface area contributed by atoms with Crippen molar-refractivity contribution < 1.29 is 26.3 Å². The van der Waals surface area contributed by atoms with Crippen molar-refractivity contribution >= 4 is 54.6 Å². The lowest BCUT2D eigenvalue weighted by Crippen LogP contribution is -2.44. The zero-order valence-electron chi connectivity index (χ0n) is 22.7. The van der Waals surface area contributed by atoms with Crippen molar-refractivity contribution in [3.05, 3.63) is 33.0 Å². The molecule has 4 aliphatic heterocycles. The summed E-state index contributed by atoms with van der Waals surface area (Å²) < 4.78 is 58.9. The van der Waals surface area contributed by atoms with Gasteiger partial charge in [-0.3, -0.25) is 0 Å². The predicted octanol–water partition coefficient (Wildman–Crippen LogP) is 2.69. The third-order valence-corrected chi connectivity index (χ3v) is 12.2. The van der Waals surface area contributed by atoms with Crippen LogP contribution in [0.2, 0.25) is 10.4 Å².